The van der Waals surface area contributed by atoms with Crippen LogP contribution in [0.15, 0.2) is 22.8 Å². The largest absolute Gasteiger partial charge is 0.466 e. The lowest BCUT2D eigenvalue weighted by Gasteiger charge is -2.41. The van der Waals surface area contributed by atoms with E-state index >= 15 is 0 Å². The lowest BCUT2D eigenvalue weighted by molar-refractivity contribution is 0.0266. The van der Waals surface area contributed by atoms with Gasteiger partial charge in [0.05, 0.1) is 6.26 Å². The first-order valence-corrected chi connectivity index (χ1v) is 9.28. The molecule has 2 aliphatic rings. The van der Waals surface area contributed by atoms with E-state index in [1.807, 2.05) is 19.1 Å². The van der Waals surface area contributed by atoms with Gasteiger partial charge in [0, 0.05) is 18.6 Å². The van der Waals surface area contributed by atoms with Crippen molar-refractivity contribution in [2.75, 3.05) is 19.6 Å². The predicted molar refractivity (Wildman–Crippen MR) is 92.3 cm³/mol. The Morgan fingerprint density at radius 2 is 2.09 bits per heavy atom. The second kappa shape index (κ2) is 7.37. The number of nitrogens with zero attached hydrogens (tertiary/aromatic N) is 1. The van der Waals surface area contributed by atoms with E-state index in [1.165, 1.54) is 51.6 Å². The van der Waals surface area contributed by atoms with Gasteiger partial charge >= 0.3 is 0 Å². The van der Waals surface area contributed by atoms with Crippen molar-refractivity contribution in [1.29, 1.82) is 0 Å². The number of furan rings is 1. The fraction of sp³-hybridized carbons (Fsp3) is 0.789. The van der Waals surface area contributed by atoms with Crippen molar-refractivity contribution in [3.63, 3.8) is 0 Å². The summed E-state index contributed by atoms with van der Waals surface area (Å²) in [7, 11) is 0. The van der Waals surface area contributed by atoms with Gasteiger partial charge in [-0.1, -0.05) is 19.8 Å². The monoisotopic (exact) mass is 320 g/mol. The topological polar surface area (TPSA) is 48.6 Å². The number of hydrogen-bond donors (Lipinski definition) is 2. The average molecular weight is 320 g/mol. The Kier molecular flexibility index (Phi) is 5.45. The fourth-order valence-electron chi connectivity index (χ4n) is 4.22. The molecule has 0 radical (unpaired) electrons. The standard InChI is InChI=1S/C19H32N2O2/c1-15-5-3-6-17(13-15)21-10-8-16(9-11-21)20-14-19(2,22)18-7-4-12-23-18/h4,7,12,15-17,20,22H,3,5-6,8-11,13-14H2,1-2H3. The summed E-state index contributed by atoms with van der Waals surface area (Å²) in [6.07, 6.45) is 9.55. The molecule has 1 saturated carbocycles. The summed E-state index contributed by atoms with van der Waals surface area (Å²) in [5.41, 5.74) is -0.931. The maximum Gasteiger partial charge on any atom is 0.136 e. The van der Waals surface area contributed by atoms with Crippen molar-refractivity contribution in [1.82, 2.24) is 10.2 Å². The summed E-state index contributed by atoms with van der Waals surface area (Å²) in [6.45, 7) is 7.15. The zero-order valence-electron chi connectivity index (χ0n) is 14.6. The second-order valence-corrected chi connectivity index (χ2v) is 7.87. The van der Waals surface area contributed by atoms with E-state index in [1.54, 1.807) is 6.26 Å². The Bertz CT molecular complexity index is 464. The van der Waals surface area contributed by atoms with Gasteiger partial charge in [-0.2, -0.15) is 0 Å². The molecule has 3 rings (SSSR count). The molecule has 4 heteroatoms. The normalized spacial score (nSPS) is 30.2. The van der Waals surface area contributed by atoms with Crippen LogP contribution in [0.3, 0.4) is 0 Å². The highest BCUT2D eigenvalue weighted by Crippen LogP contribution is 2.29. The molecule has 1 aliphatic heterocycles. The van der Waals surface area contributed by atoms with E-state index in [-0.39, 0.29) is 0 Å². The summed E-state index contributed by atoms with van der Waals surface area (Å²) < 4.78 is 5.35. The minimum atomic E-state index is -0.931. The van der Waals surface area contributed by atoms with Crippen LogP contribution in [0.1, 0.15) is 58.1 Å². The number of aliphatic hydroxyl groups is 1. The molecule has 0 bridgehead atoms. The summed E-state index contributed by atoms with van der Waals surface area (Å²) in [5.74, 6) is 1.53. The van der Waals surface area contributed by atoms with Crippen LogP contribution in [0.4, 0.5) is 0 Å². The summed E-state index contributed by atoms with van der Waals surface area (Å²) in [5, 5.41) is 14.1. The number of rotatable bonds is 5. The quantitative estimate of drug-likeness (QED) is 0.875. The molecule has 2 N–H and O–H groups in total. The van der Waals surface area contributed by atoms with Crippen LogP contribution in [-0.4, -0.2) is 41.7 Å². The highest BCUT2D eigenvalue weighted by molar-refractivity contribution is 5.08. The minimum absolute atomic E-state index is 0.508. The maximum absolute atomic E-state index is 10.5. The average Bonchev–Trinajstić information content (AvgIpc) is 3.09. The molecule has 2 fully saturated rings. The Labute approximate surface area is 140 Å². The molecule has 0 amide bonds. The molecule has 0 aromatic carbocycles. The summed E-state index contributed by atoms with van der Waals surface area (Å²) in [4.78, 5) is 2.71. The Morgan fingerprint density at radius 1 is 1.30 bits per heavy atom. The highest BCUT2D eigenvalue weighted by Gasteiger charge is 2.30. The van der Waals surface area contributed by atoms with E-state index in [9.17, 15) is 5.11 Å². The third kappa shape index (κ3) is 4.37. The third-order valence-electron chi connectivity index (χ3n) is 5.74. The molecular formula is C19H32N2O2. The van der Waals surface area contributed by atoms with Gasteiger partial charge in [0.1, 0.15) is 11.4 Å². The Morgan fingerprint density at radius 3 is 2.74 bits per heavy atom. The smallest absolute Gasteiger partial charge is 0.136 e. The van der Waals surface area contributed by atoms with E-state index in [0.717, 1.165) is 12.0 Å². The van der Waals surface area contributed by atoms with Crippen LogP contribution in [-0.2, 0) is 5.60 Å². The van der Waals surface area contributed by atoms with Gasteiger partial charge in [0.2, 0.25) is 0 Å². The molecule has 4 nitrogen and oxygen atoms in total. The second-order valence-electron chi connectivity index (χ2n) is 7.87. The SMILES string of the molecule is CC1CCCC(N2CCC(NCC(C)(O)c3ccco3)CC2)C1. The van der Waals surface area contributed by atoms with Gasteiger partial charge in [0.25, 0.3) is 0 Å². The van der Waals surface area contributed by atoms with Crippen LogP contribution in [0.5, 0.6) is 0 Å². The predicted octanol–water partition coefficient (Wildman–Crippen LogP) is 3.12. The third-order valence-corrected chi connectivity index (χ3v) is 5.74. The zero-order chi connectivity index (χ0) is 16.3. The highest BCUT2D eigenvalue weighted by atomic mass is 16.4. The zero-order valence-corrected chi connectivity index (χ0v) is 14.6. The Balaban J connectivity index is 1.42. The van der Waals surface area contributed by atoms with E-state index in [0.29, 0.717) is 18.3 Å². The molecule has 1 saturated heterocycles. The van der Waals surface area contributed by atoms with Gasteiger partial charge < -0.3 is 19.7 Å². The molecule has 3 atom stereocenters. The first-order valence-electron chi connectivity index (χ1n) is 9.28. The lowest BCUT2D eigenvalue weighted by Crippen LogP contribution is -2.49. The molecule has 1 aliphatic carbocycles. The van der Waals surface area contributed by atoms with Crippen molar-refractivity contribution in [3.05, 3.63) is 24.2 Å². The molecule has 23 heavy (non-hydrogen) atoms. The van der Waals surface area contributed by atoms with Crippen LogP contribution in [0, 0.1) is 5.92 Å². The van der Waals surface area contributed by atoms with Crippen LogP contribution in [0.25, 0.3) is 0 Å². The van der Waals surface area contributed by atoms with E-state index in [4.69, 9.17) is 4.42 Å². The lowest BCUT2D eigenvalue weighted by atomic mass is 9.85. The van der Waals surface area contributed by atoms with Gasteiger partial charge in [-0.15, -0.1) is 0 Å². The van der Waals surface area contributed by atoms with Gasteiger partial charge in [-0.05, 0) is 63.7 Å². The molecule has 0 spiro atoms. The van der Waals surface area contributed by atoms with Crippen molar-refractivity contribution < 1.29 is 9.52 Å². The summed E-state index contributed by atoms with van der Waals surface area (Å²) >= 11 is 0. The number of likely N-dealkylation sites (tertiary alicyclic amines) is 1. The first kappa shape index (κ1) is 17.0. The summed E-state index contributed by atoms with van der Waals surface area (Å²) in [6, 6.07) is 4.99. The van der Waals surface area contributed by atoms with Crippen LogP contribution < -0.4 is 5.32 Å². The fourth-order valence-corrected chi connectivity index (χ4v) is 4.22. The van der Waals surface area contributed by atoms with Crippen LogP contribution in [0.2, 0.25) is 0 Å². The van der Waals surface area contributed by atoms with Gasteiger partial charge in [0.15, 0.2) is 0 Å². The van der Waals surface area contributed by atoms with Crippen molar-refractivity contribution >= 4 is 0 Å². The maximum atomic E-state index is 10.5. The van der Waals surface area contributed by atoms with E-state index < -0.39 is 5.60 Å². The van der Waals surface area contributed by atoms with Crippen molar-refractivity contribution in [2.24, 2.45) is 5.92 Å². The molecule has 2 heterocycles. The first-order chi connectivity index (χ1) is 11.0. The molecule has 130 valence electrons. The molecule has 3 unspecified atom stereocenters. The minimum Gasteiger partial charge on any atom is -0.466 e. The number of hydrogen-bond acceptors (Lipinski definition) is 4. The van der Waals surface area contributed by atoms with Gasteiger partial charge in [-0.25, -0.2) is 0 Å². The Hall–Kier alpha value is -0.840. The number of nitrogens with one attached hydrogen (secondary N) is 1. The van der Waals surface area contributed by atoms with Gasteiger partial charge in [-0.3, -0.25) is 0 Å². The molecule has 1 aromatic heterocycles. The molecular weight excluding hydrogens is 288 g/mol. The molecule has 1 aromatic rings. The van der Waals surface area contributed by atoms with E-state index in [2.05, 4.69) is 17.1 Å². The van der Waals surface area contributed by atoms with Crippen molar-refractivity contribution in [3.8, 4) is 0 Å². The number of piperidine rings is 1. The van der Waals surface area contributed by atoms with Crippen molar-refractivity contribution in [2.45, 2.75) is 70.1 Å². The van der Waals surface area contributed by atoms with Crippen LogP contribution >= 0.6 is 0 Å².